The molecule has 0 fully saturated rings. The third-order valence-electron chi connectivity index (χ3n) is 9.02. The van der Waals surface area contributed by atoms with Gasteiger partial charge in [-0.3, -0.25) is 4.57 Å². The standard InChI is InChI=1S/C41H25N5S/c1-4-12-26(13-5-1)39-42-40(27-14-6-2-7-15-27)44-41(43-39)46-36-30(22-23-34-33(36)24-25-45(34)28-16-8-3-9-17-28)31-20-21-32-29-18-10-11-19-35(29)47-38(32)37(31)46/h1-25H. The Bertz CT molecular complexity index is 2720. The zero-order valence-electron chi connectivity index (χ0n) is 25.1. The molecule has 0 radical (unpaired) electrons. The van der Waals surface area contributed by atoms with E-state index < -0.39 is 0 Å². The second-order valence-corrected chi connectivity index (χ2v) is 12.8. The van der Waals surface area contributed by atoms with E-state index >= 15 is 0 Å². The summed E-state index contributed by atoms with van der Waals surface area (Å²) in [6.07, 6.45) is 2.16. The first-order valence-electron chi connectivity index (χ1n) is 15.6. The van der Waals surface area contributed by atoms with Crippen LogP contribution in [0.15, 0.2) is 152 Å². The fourth-order valence-electron chi connectivity index (χ4n) is 6.90. The van der Waals surface area contributed by atoms with Crippen molar-refractivity contribution in [3.63, 3.8) is 0 Å². The molecule has 0 atom stereocenters. The van der Waals surface area contributed by atoms with Crippen molar-refractivity contribution in [2.75, 3.05) is 0 Å². The van der Waals surface area contributed by atoms with Gasteiger partial charge >= 0.3 is 0 Å². The lowest BCUT2D eigenvalue weighted by Crippen LogP contribution is -2.06. The van der Waals surface area contributed by atoms with Gasteiger partial charge in [-0.1, -0.05) is 115 Å². The highest BCUT2D eigenvalue weighted by Crippen LogP contribution is 2.44. The van der Waals surface area contributed by atoms with Crippen molar-refractivity contribution in [3.8, 4) is 34.4 Å². The molecular formula is C41H25N5S. The molecule has 10 rings (SSSR count). The molecule has 0 aliphatic heterocycles. The number of fused-ring (bicyclic) bond motifs is 9. The molecule has 0 amide bonds. The molecule has 5 nitrogen and oxygen atoms in total. The van der Waals surface area contributed by atoms with Crippen LogP contribution < -0.4 is 0 Å². The van der Waals surface area contributed by atoms with Gasteiger partial charge in [-0.2, -0.15) is 9.97 Å². The Morgan fingerprint density at radius 2 is 1.04 bits per heavy atom. The van der Waals surface area contributed by atoms with Crippen LogP contribution in [0.2, 0.25) is 0 Å². The Morgan fingerprint density at radius 3 is 1.77 bits per heavy atom. The van der Waals surface area contributed by atoms with Gasteiger partial charge in [0.1, 0.15) is 0 Å². The maximum atomic E-state index is 5.24. The molecular weight excluding hydrogens is 595 g/mol. The summed E-state index contributed by atoms with van der Waals surface area (Å²) in [6.45, 7) is 0. The smallest absolute Gasteiger partial charge is 0.238 e. The van der Waals surface area contributed by atoms with E-state index in [4.69, 9.17) is 15.0 Å². The first kappa shape index (κ1) is 26.1. The maximum Gasteiger partial charge on any atom is 0.238 e. The molecule has 4 aromatic heterocycles. The first-order valence-corrected chi connectivity index (χ1v) is 16.4. The predicted molar refractivity (Wildman–Crippen MR) is 195 cm³/mol. The van der Waals surface area contributed by atoms with Crippen LogP contribution in [0.5, 0.6) is 0 Å². The molecule has 10 aromatic rings. The van der Waals surface area contributed by atoms with E-state index in [1.54, 1.807) is 0 Å². The lowest BCUT2D eigenvalue weighted by atomic mass is 10.1. The third kappa shape index (κ3) is 3.98. The van der Waals surface area contributed by atoms with Crippen molar-refractivity contribution in [2.24, 2.45) is 0 Å². The SMILES string of the molecule is c1ccc(-c2nc(-c3ccccc3)nc(-n3c4c(ccc5c4ccn5-c4ccccc4)c4ccc5c6ccccc6sc5c43)n2)cc1. The molecule has 4 heterocycles. The van der Waals surface area contributed by atoms with E-state index in [-0.39, 0.29) is 0 Å². The highest BCUT2D eigenvalue weighted by molar-refractivity contribution is 7.26. The molecule has 0 unspecified atom stereocenters. The molecule has 6 heteroatoms. The summed E-state index contributed by atoms with van der Waals surface area (Å²) in [7, 11) is 0. The van der Waals surface area contributed by atoms with E-state index in [0.717, 1.165) is 38.8 Å². The van der Waals surface area contributed by atoms with Crippen LogP contribution in [0.4, 0.5) is 0 Å². The van der Waals surface area contributed by atoms with Crippen molar-refractivity contribution < 1.29 is 0 Å². The van der Waals surface area contributed by atoms with E-state index in [0.29, 0.717) is 17.6 Å². The number of nitrogens with zero attached hydrogens (tertiary/aromatic N) is 5. The van der Waals surface area contributed by atoms with Gasteiger partial charge in [-0.15, -0.1) is 11.3 Å². The summed E-state index contributed by atoms with van der Waals surface area (Å²) in [5, 5.41) is 5.98. The molecule has 0 bridgehead atoms. The molecule has 6 aromatic carbocycles. The van der Waals surface area contributed by atoms with Gasteiger partial charge in [0.15, 0.2) is 11.6 Å². The quantitative estimate of drug-likeness (QED) is 0.197. The average Bonchev–Trinajstić information content (AvgIpc) is 3.84. The van der Waals surface area contributed by atoms with Crippen molar-refractivity contribution >= 4 is 64.2 Å². The zero-order valence-corrected chi connectivity index (χ0v) is 25.9. The lowest BCUT2D eigenvalue weighted by Gasteiger charge is -2.12. The Balaban J connectivity index is 1.39. The van der Waals surface area contributed by atoms with Crippen LogP contribution in [-0.4, -0.2) is 24.1 Å². The zero-order chi connectivity index (χ0) is 30.9. The van der Waals surface area contributed by atoms with Gasteiger partial charge < -0.3 is 4.57 Å². The highest BCUT2D eigenvalue weighted by Gasteiger charge is 2.23. The number of aromatic nitrogens is 5. The van der Waals surface area contributed by atoms with E-state index in [2.05, 4.69) is 125 Å². The van der Waals surface area contributed by atoms with Gasteiger partial charge in [-0.05, 0) is 30.3 Å². The second kappa shape index (κ2) is 10.2. The van der Waals surface area contributed by atoms with Gasteiger partial charge in [0.2, 0.25) is 5.95 Å². The monoisotopic (exact) mass is 619 g/mol. The largest absolute Gasteiger partial charge is 0.316 e. The Hall–Kier alpha value is -6.11. The molecule has 47 heavy (non-hydrogen) atoms. The summed E-state index contributed by atoms with van der Waals surface area (Å²) in [4.78, 5) is 15.5. The first-order chi connectivity index (χ1) is 23.3. The number of hydrogen-bond donors (Lipinski definition) is 0. The fraction of sp³-hybridized carbons (Fsp3) is 0. The van der Waals surface area contributed by atoms with E-state index in [1.807, 2.05) is 47.7 Å². The van der Waals surface area contributed by atoms with Crippen LogP contribution in [0, 0.1) is 0 Å². The summed E-state index contributed by atoms with van der Waals surface area (Å²) in [5.41, 5.74) is 6.34. The number of rotatable bonds is 4. The molecule has 0 aliphatic rings. The van der Waals surface area contributed by atoms with Gasteiger partial charge in [0.05, 0.1) is 21.3 Å². The number of para-hydroxylation sites is 1. The van der Waals surface area contributed by atoms with Crippen molar-refractivity contribution in [1.82, 2.24) is 24.1 Å². The number of benzene rings is 6. The molecule has 220 valence electrons. The summed E-state index contributed by atoms with van der Waals surface area (Å²) in [5.74, 6) is 1.88. The summed E-state index contributed by atoms with van der Waals surface area (Å²) >= 11 is 1.83. The lowest BCUT2D eigenvalue weighted by molar-refractivity contribution is 0.957. The van der Waals surface area contributed by atoms with Crippen molar-refractivity contribution in [3.05, 3.63) is 152 Å². The van der Waals surface area contributed by atoms with Gasteiger partial charge in [0, 0.05) is 54.6 Å². The molecule has 0 aliphatic carbocycles. The normalized spacial score (nSPS) is 11.8. The van der Waals surface area contributed by atoms with Gasteiger partial charge in [-0.25, -0.2) is 4.98 Å². The van der Waals surface area contributed by atoms with Crippen LogP contribution in [-0.2, 0) is 0 Å². The highest BCUT2D eigenvalue weighted by atomic mass is 32.1. The van der Waals surface area contributed by atoms with E-state index in [1.165, 1.54) is 30.9 Å². The van der Waals surface area contributed by atoms with Crippen LogP contribution >= 0.6 is 11.3 Å². The molecule has 0 spiro atoms. The average molecular weight is 620 g/mol. The molecule has 0 N–H and O–H groups in total. The van der Waals surface area contributed by atoms with Crippen LogP contribution in [0.25, 0.3) is 87.3 Å². The van der Waals surface area contributed by atoms with Gasteiger partial charge in [0.25, 0.3) is 0 Å². The molecule has 0 saturated carbocycles. The Kier molecular flexibility index (Phi) is 5.68. The van der Waals surface area contributed by atoms with Crippen molar-refractivity contribution in [2.45, 2.75) is 0 Å². The number of thiophene rings is 1. The van der Waals surface area contributed by atoms with E-state index in [9.17, 15) is 0 Å². The minimum Gasteiger partial charge on any atom is -0.316 e. The minimum absolute atomic E-state index is 0.600. The predicted octanol–water partition coefficient (Wildman–Crippen LogP) is 10.6. The third-order valence-corrected chi connectivity index (χ3v) is 10.2. The molecule has 0 saturated heterocycles. The Labute approximate surface area is 273 Å². The van der Waals surface area contributed by atoms with Crippen LogP contribution in [0.1, 0.15) is 0 Å². The summed E-state index contributed by atoms with van der Waals surface area (Å²) < 4.78 is 7.03. The van der Waals surface area contributed by atoms with Crippen LogP contribution in [0.3, 0.4) is 0 Å². The fourth-order valence-corrected chi connectivity index (χ4v) is 8.14. The Morgan fingerprint density at radius 1 is 0.447 bits per heavy atom. The second-order valence-electron chi connectivity index (χ2n) is 11.7. The maximum absolute atomic E-state index is 5.24. The minimum atomic E-state index is 0.600. The topological polar surface area (TPSA) is 48.5 Å². The summed E-state index contributed by atoms with van der Waals surface area (Å²) in [6, 6.07) is 50.8. The van der Waals surface area contributed by atoms with Crippen molar-refractivity contribution in [1.29, 1.82) is 0 Å². The number of hydrogen-bond acceptors (Lipinski definition) is 4.